The SMILES string of the molecule is CCN(CC(O)COCc1ccco1)C1CCCC1. The summed E-state index contributed by atoms with van der Waals surface area (Å²) in [5.41, 5.74) is 0. The number of rotatable bonds is 8. The zero-order chi connectivity index (χ0) is 13.5. The monoisotopic (exact) mass is 267 g/mol. The smallest absolute Gasteiger partial charge is 0.129 e. The Morgan fingerprint density at radius 2 is 2.26 bits per heavy atom. The summed E-state index contributed by atoms with van der Waals surface area (Å²) in [5, 5.41) is 10.0. The van der Waals surface area contributed by atoms with Crippen LogP contribution in [0.2, 0.25) is 0 Å². The van der Waals surface area contributed by atoms with E-state index in [0.29, 0.717) is 25.8 Å². The van der Waals surface area contributed by atoms with Gasteiger partial charge >= 0.3 is 0 Å². The number of hydrogen-bond donors (Lipinski definition) is 1. The lowest BCUT2D eigenvalue weighted by Gasteiger charge is -2.29. The maximum atomic E-state index is 10.0. The average molecular weight is 267 g/mol. The molecule has 2 rings (SSSR count). The Balaban J connectivity index is 1.65. The summed E-state index contributed by atoms with van der Waals surface area (Å²) < 4.78 is 10.7. The molecular formula is C15H25NO3. The van der Waals surface area contributed by atoms with Gasteiger partial charge < -0.3 is 14.3 Å². The standard InChI is InChI=1S/C15H25NO3/c1-2-16(13-6-3-4-7-13)10-14(17)11-18-12-15-8-5-9-19-15/h5,8-9,13-14,17H,2-4,6-7,10-12H2,1H3. The molecule has 1 aliphatic carbocycles. The summed E-state index contributed by atoms with van der Waals surface area (Å²) in [7, 11) is 0. The third kappa shape index (κ3) is 4.64. The van der Waals surface area contributed by atoms with Crippen molar-refractivity contribution in [3.8, 4) is 0 Å². The Morgan fingerprint density at radius 1 is 1.47 bits per heavy atom. The minimum atomic E-state index is -0.421. The number of nitrogens with zero attached hydrogens (tertiary/aromatic N) is 1. The number of furan rings is 1. The molecular weight excluding hydrogens is 242 g/mol. The van der Waals surface area contributed by atoms with E-state index in [0.717, 1.165) is 12.3 Å². The van der Waals surface area contributed by atoms with E-state index in [1.165, 1.54) is 25.7 Å². The third-order valence-corrected chi connectivity index (χ3v) is 3.83. The molecule has 0 spiro atoms. The van der Waals surface area contributed by atoms with E-state index in [9.17, 15) is 5.11 Å². The number of likely N-dealkylation sites (N-methyl/N-ethyl adjacent to an activating group) is 1. The Hall–Kier alpha value is -0.840. The lowest BCUT2D eigenvalue weighted by atomic mass is 10.2. The molecule has 0 amide bonds. The molecule has 1 heterocycles. The molecule has 19 heavy (non-hydrogen) atoms. The van der Waals surface area contributed by atoms with E-state index in [-0.39, 0.29) is 0 Å². The molecule has 1 aromatic rings. The summed E-state index contributed by atoms with van der Waals surface area (Å²) in [5.74, 6) is 0.801. The predicted octanol–water partition coefficient (Wildman–Crippen LogP) is 2.42. The van der Waals surface area contributed by atoms with Crippen molar-refractivity contribution < 1.29 is 14.3 Å². The van der Waals surface area contributed by atoms with Gasteiger partial charge in [-0.1, -0.05) is 19.8 Å². The zero-order valence-electron chi connectivity index (χ0n) is 11.8. The molecule has 1 fully saturated rings. The van der Waals surface area contributed by atoms with E-state index in [2.05, 4.69) is 11.8 Å². The molecule has 0 aliphatic heterocycles. The van der Waals surface area contributed by atoms with Crippen LogP contribution in [0.5, 0.6) is 0 Å². The predicted molar refractivity (Wildman–Crippen MR) is 73.9 cm³/mol. The average Bonchev–Trinajstić information content (AvgIpc) is 3.08. The van der Waals surface area contributed by atoms with Crippen LogP contribution in [-0.2, 0) is 11.3 Å². The number of aliphatic hydroxyl groups is 1. The summed E-state index contributed by atoms with van der Waals surface area (Å²) in [6, 6.07) is 4.38. The fourth-order valence-corrected chi connectivity index (χ4v) is 2.82. The molecule has 0 radical (unpaired) electrons. The Kier molecular flexibility index (Phi) is 5.89. The van der Waals surface area contributed by atoms with Crippen molar-refractivity contribution in [2.24, 2.45) is 0 Å². The zero-order valence-corrected chi connectivity index (χ0v) is 11.8. The van der Waals surface area contributed by atoms with E-state index in [1.54, 1.807) is 6.26 Å². The molecule has 1 N–H and O–H groups in total. The van der Waals surface area contributed by atoms with Gasteiger partial charge in [0.1, 0.15) is 12.4 Å². The second kappa shape index (κ2) is 7.68. The Morgan fingerprint density at radius 3 is 2.89 bits per heavy atom. The highest BCUT2D eigenvalue weighted by Crippen LogP contribution is 2.23. The lowest BCUT2D eigenvalue weighted by Crippen LogP contribution is -2.40. The number of ether oxygens (including phenoxy) is 1. The molecule has 1 aliphatic rings. The second-order valence-corrected chi connectivity index (χ2v) is 5.27. The van der Waals surface area contributed by atoms with Crippen LogP contribution in [0.3, 0.4) is 0 Å². The highest BCUT2D eigenvalue weighted by Gasteiger charge is 2.23. The molecule has 4 nitrogen and oxygen atoms in total. The van der Waals surface area contributed by atoms with Gasteiger partial charge in [-0.15, -0.1) is 0 Å². The van der Waals surface area contributed by atoms with Gasteiger partial charge in [0.25, 0.3) is 0 Å². The lowest BCUT2D eigenvalue weighted by molar-refractivity contribution is -0.000566. The van der Waals surface area contributed by atoms with Crippen molar-refractivity contribution >= 4 is 0 Å². The highest BCUT2D eigenvalue weighted by atomic mass is 16.5. The van der Waals surface area contributed by atoms with E-state index in [4.69, 9.17) is 9.15 Å². The summed E-state index contributed by atoms with van der Waals surface area (Å²) in [4.78, 5) is 2.38. The van der Waals surface area contributed by atoms with Crippen LogP contribution >= 0.6 is 0 Å². The number of hydrogen-bond acceptors (Lipinski definition) is 4. The van der Waals surface area contributed by atoms with Crippen molar-refractivity contribution in [2.45, 2.75) is 51.4 Å². The van der Waals surface area contributed by atoms with Gasteiger partial charge in [-0.2, -0.15) is 0 Å². The summed E-state index contributed by atoms with van der Waals surface area (Å²) in [6.45, 7) is 4.66. The first-order chi connectivity index (χ1) is 9.29. The molecule has 1 atom stereocenters. The first kappa shape index (κ1) is 14.6. The van der Waals surface area contributed by atoms with Crippen LogP contribution < -0.4 is 0 Å². The van der Waals surface area contributed by atoms with Crippen LogP contribution in [0.4, 0.5) is 0 Å². The van der Waals surface area contributed by atoms with Crippen LogP contribution in [0, 0.1) is 0 Å². The van der Waals surface area contributed by atoms with Crippen molar-refractivity contribution in [1.82, 2.24) is 4.90 Å². The summed E-state index contributed by atoms with van der Waals surface area (Å²) >= 11 is 0. The maximum Gasteiger partial charge on any atom is 0.129 e. The molecule has 0 bridgehead atoms. The van der Waals surface area contributed by atoms with Crippen molar-refractivity contribution in [3.63, 3.8) is 0 Å². The van der Waals surface area contributed by atoms with Crippen LogP contribution in [-0.4, -0.2) is 41.8 Å². The Labute approximate surface area is 115 Å². The van der Waals surface area contributed by atoms with Gasteiger partial charge in [-0.05, 0) is 31.5 Å². The normalized spacial score (nSPS) is 18.3. The van der Waals surface area contributed by atoms with Crippen LogP contribution in [0.1, 0.15) is 38.4 Å². The van der Waals surface area contributed by atoms with Gasteiger partial charge in [0, 0.05) is 12.6 Å². The third-order valence-electron chi connectivity index (χ3n) is 3.83. The molecule has 108 valence electrons. The summed E-state index contributed by atoms with van der Waals surface area (Å²) in [6.07, 6.45) is 6.41. The fraction of sp³-hybridized carbons (Fsp3) is 0.733. The molecule has 1 unspecified atom stereocenters. The van der Waals surface area contributed by atoms with Crippen LogP contribution in [0.25, 0.3) is 0 Å². The quantitative estimate of drug-likeness (QED) is 0.785. The van der Waals surface area contributed by atoms with Gasteiger partial charge in [-0.3, -0.25) is 4.90 Å². The molecule has 4 heteroatoms. The number of aliphatic hydroxyl groups excluding tert-OH is 1. The van der Waals surface area contributed by atoms with Gasteiger partial charge in [0.2, 0.25) is 0 Å². The molecule has 0 aromatic carbocycles. The topological polar surface area (TPSA) is 45.8 Å². The van der Waals surface area contributed by atoms with E-state index < -0.39 is 6.10 Å². The second-order valence-electron chi connectivity index (χ2n) is 5.27. The largest absolute Gasteiger partial charge is 0.467 e. The first-order valence-electron chi connectivity index (χ1n) is 7.32. The molecule has 1 aromatic heterocycles. The molecule has 0 saturated heterocycles. The highest BCUT2D eigenvalue weighted by molar-refractivity contribution is 4.96. The van der Waals surface area contributed by atoms with Gasteiger partial charge in [-0.25, -0.2) is 0 Å². The van der Waals surface area contributed by atoms with E-state index >= 15 is 0 Å². The van der Waals surface area contributed by atoms with Gasteiger partial charge in [0.05, 0.1) is 19.0 Å². The first-order valence-corrected chi connectivity index (χ1v) is 7.32. The van der Waals surface area contributed by atoms with E-state index in [1.807, 2.05) is 12.1 Å². The van der Waals surface area contributed by atoms with Crippen molar-refractivity contribution in [1.29, 1.82) is 0 Å². The maximum absolute atomic E-state index is 10.0. The minimum absolute atomic E-state index is 0.365. The van der Waals surface area contributed by atoms with Crippen molar-refractivity contribution in [3.05, 3.63) is 24.2 Å². The van der Waals surface area contributed by atoms with Crippen molar-refractivity contribution in [2.75, 3.05) is 19.7 Å². The van der Waals surface area contributed by atoms with Crippen LogP contribution in [0.15, 0.2) is 22.8 Å². The molecule has 1 saturated carbocycles. The minimum Gasteiger partial charge on any atom is -0.467 e. The fourth-order valence-electron chi connectivity index (χ4n) is 2.82. The van der Waals surface area contributed by atoms with Gasteiger partial charge in [0.15, 0.2) is 0 Å². The Bertz CT molecular complexity index is 333.